The first-order valence-corrected chi connectivity index (χ1v) is 12.5. The van der Waals surface area contributed by atoms with Gasteiger partial charge in [0.2, 0.25) is 0 Å². The van der Waals surface area contributed by atoms with E-state index in [9.17, 15) is 9.59 Å². The van der Waals surface area contributed by atoms with Gasteiger partial charge in [-0.15, -0.1) is 0 Å². The van der Waals surface area contributed by atoms with Crippen molar-refractivity contribution in [1.82, 2.24) is 0 Å². The van der Waals surface area contributed by atoms with Crippen molar-refractivity contribution >= 4 is 11.9 Å². The first-order valence-electron chi connectivity index (χ1n) is 12.5. The topological polar surface area (TPSA) is 101 Å². The maximum atomic E-state index is 12.2. The largest absolute Gasteiger partial charge is 0.497 e. The number of hydrogen-bond donors (Lipinski definition) is 1. The first kappa shape index (κ1) is 27.2. The summed E-state index contributed by atoms with van der Waals surface area (Å²) >= 11 is 0. The molecule has 3 aromatic carbocycles. The summed E-state index contributed by atoms with van der Waals surface area (Å²) in [7, 11) is 3.24. The number of ether oxygens (including phenoxy) is 5. The minimum atomic E-state index is -1.05. The molecule has 0 amide bonds. The Bertz CT molecular complexity index is 1140. The normalized spacial score (nSPS) is 17.1. The first-order chi connectivity index (χ1) is 18.5. The molecule has 1 saturated heterocycles. The maximum Gasteiger partial charge on any atom is 0.306 e. The fourth-order valence-electron chi connectivity index (χ4n) is 4.64. The van der Waals surface area contributed by atoms with Crippen LogP contribution in [0.25, 0.3) is 0 Å². The molecule has 4 rings (SSSR count). The average molecular weight is 521 g/mol. The van der Waals surface area contributed by atoms with Gasteiger partial charge in [-0.3, -0.25) is 9.59 Å². The van der Waals surface area contributed by atoms with Crippen molar-refractivity contribution in [2.24, 2.45) is 0 Å². The van der Waals surface area contributed by atoms with Crippen molar-refractivity contribution in [3.05, 3.63) is 95.6 Å². The number of esters is 1. The van der Waals surface area contributed by atoms with E-state index >= 15 is 0 Å². The van der Waals surface area contributed by atoms with Gasteiger partial charge in [0.1, 0.15) is 29.3 Å². The minimum absolute atomic E-state index is 0.129. The molecule has 0 unspecified atom stereocenters. The summed E-state index contributed by atoms with van der Waals surface area (Å²) < 4.78 is 29.1. The maximum absolute atomic E-state index is 12.2. The summed E-state index contributed by atoms with van der Waals surface area (Å²) in [6.07, 6.45) is -0.999. The lowest BCUT2D eigenvalue weighted by Crippen LogP contribution is -2.39. The highest BCUT2D eigenvalue weighted by Crippen LogP contribution is 2.42. The summed E-state index contributed by atoms with van der Waals surface area (Å²) in [6, 6.07) is 25.3. The molecule has 2 atom stereocenters. The Morgan fingerprint density at radius 2 is 1.39 bits per heavy atom. The summed E-state index contributed by atoms with van der Waals surface area (Å²) in [4.78, 5) is 23.1. The summed E-state index contributed by atoms with van der Waals surface area (Å²) in [5.74, 6) is -0.167. The predicted octanol–water partition coefficient (Wildman–Crippen LogP) is 4.58. The molecule has 3 aromatic rings. The quantitative estimate of drug-likeness (QED) is 0.274. The van der Waals surface area contributed by atoms with E-state index < -0.39 is 29.7 Å². The second-order valence-corrected chi connectivity index (χ2v) is 8.94. The van der Waals surface area contributed by atoms with Gasteiger partial charge in [0.25, 0.3) is 0 Å². The third-order valence-corrected chi connectivity index (χ3v) is 6.61. The molecule has 8 heteroatoms. The molecule has 200 valence electrons. The van der Waals surface area contributed by atoms with Gasteiger partial charge in [-0.05, 0) is 41.0 Å². The smallest absolute Gasteiger partial charge is 0.306 e. The Hall–Kier alpha value is -3.88. The van der Waals surface area contributed by atoms with Gasteiger partial charge in [0.05, 0.1) is 40.3 Å². The van der Waals surface area contributed by atoms with Crippen molar-refractivity contribution in [2.75, 3.05) is 27.4 Å². The van der Waals surface area contributed by atoms with Crippen LogP contribution in [0, 0.1) is 0 Å². The van der Waals surface area contributed by atoms with Crippen molar-refractivity contribution < 1.29 is 38.4 Å². The monoisotopic (exact) mass is 520 g/mol. The van der Waals surface area contributed by atoms with E-state index in [-0.39, 0.29) is 19.4 Å². The lowest BCUT2D eigenvalue weighted by molar-refractivity contribution is -0.157. The fourth-order valence-corrected chi connectivity index (χ4v) is 4.64. The Balaban J connectivity index is 1.69. The molecule has 0 aromatic heterocycles. The number of carboxylic acid groups (broad SMARTS) is 1. The van der Waals surface area contributed by atoms with E-state index in [1.807, 2.05) is 78.9 Å². The van der Waals surface area contributed by atoms with E-state index in [2.05, 4.69) is 0 Å². The van der Waals surface area contributed by atoms with Crippen LogP contribution in [-0.2, 0) is 29.4 Å². The molecule has 1 fully saturated rings. The fraction of sp³-hybridized carbons (Fsp3) is 0.333. The van der Waals surface area contributed by atoms with E-state index in [4.69, 9.17) is 28.8 Å². The summed E-state index contributed by atoms with van der Waals surface area (Å²) in [6.45, 7) is 0.540. The van der Waals surface area contributed by atoms with Gasteiger partial charge in [0.15, 0.2) is 0 Å². The molecular weight excluding hydrogens is 488 g/mol. The van der Waals surface area contributed by atoms with Crippen LogP contribution < -0.4 is 9.47 Å². The molecule has 0 radical (unpaired) electrons. The Morgan fingerprint density at radius 1 is 0.842 bits per heavy atom. The Labute approximate surface area is 222 Å². The molecule has 0 saturated carbocycles. The molecule has 8 nitrogen and oxygen atoms in total. The molecule has 0 aliphatic carbocycles. The number of rotatable bonds is 12. The number of carbonyl (C=O) groups is 2. The van der Waals surface area contributed by atoms with Crippen molar-refractivity contribution in [1.29, 1.82) is 0 Å². The Kier molecular flexibility index (Phi) is 8.99. The van der Waals surface area contributed by atoms with Gasteiger partial charge in [-0.25, -0.2) is 0 Å². The zero-order valence-corrected chi connectivity index (χ0v) is 21.5. The standard InChI is InChI=1S/C30H32O8/c1-34-24-12-8-22(9-13-24)30(21-6-4-3-5-7-21,23-10-14-25(35-2)15-11-23)37-20-27-26(18-19-36-27)38-29(33)17-16-28(31)32/h3-15,26-27H,16-20H2,1-2H3,(H,31,32)/t26-,27+/m0/s1. The van der Waals surface area contributed by atoms with Gasteiger partial charge in [-0.2, -0.15) is 0 Å². The average Bonchev–Trinajstić information content (AvgIpc) is 3.40. The lowest BCUT2D eigenvalue weighted by atomic mass is 9.80. The van der Waals surface area contributed by atoms with Crippen molar-refractivity contribution in [3.8, 4) is 11.5 Å². The highest BCUT2D eigenvalue weighted by Gasteiger charge is 2.41. The van der Waals surface area contributed by atoms with Crippen LogP contribution in [0.4, 0.5) is 0 Å². The lowest BCUT2D eigenvalue weighted by Gasteiger charge is -2.37. The van der Waals surface area contributed by atoms with Crippen LogP contribution in [-0.4, -0.2) is 56.7 Å². The van der Waals surface area contributed by atoms with Crippen molar-refractivity contribution in [2.45, 2.75) is 37.1 Å². The molecular formula is C30H32O8. The second kappa shape index (κ2) is 12.6. The highest BCUT2D eigenvalue weighted by atomic mass is 16.6. The minimum Gasteiger partial charge on any atom is -0.497 e. The van der Waals surface area contributed by atoms with Crippen LogP contribution in [0.5, 0.6) is 11.5 Å². The van der Waals surface area contributed by atoms with Crippen LogP contribution >= 0.6 is 0 Å². The molecule has 0 spiro atoms. The van der Waals surface area contributed by atoms with Gasteiger partial charge < -0.3 is 28.8 Å². The van der Waals surface area contributed by atoms with Crippen molar-refractivity contribution in [3.63, 3.8) is 0 Å². The third kappa shape index (κ3) is 6.15. The van der Waals surface area contributed by atoms with Crippen LogP contribution in [0.1, 0.15) is 36.0 Å². The van der Waals surface area contributed by atoms with Gasteiger partial charge in [-0.1, -0.05) is 54.6 Å². The van der Waals surface area contributed by atoms with E-state index in [0.717, 1.165) is 28.2 Å². The van der Waals surface area contributed by atoms with Gasteiger partial charge >= 0.3 is 11.9 Å². The number of carboxylic acids is 1. The van der Waals surface area contributed by atoms with Gasteiger partial charge in [0, 0.05) is 6.42 Å². The highest BCUT2D eigenvalue weighted by molar-refractivity contribution is 5.76. The second-order valence-electron chi connectivity index (χ2n) is 8.94. The zero-order chi connectivity index (χ0) is 27.0. The van der Waals surface area contributed by atoms with E-state index in [1.54, 1.807) is 14.2 Å². The Morgan fingerprint density at radius 3 is 1.92 bits per heavy atom. The number of carbonyl (C=O) groups excluding carboxylic acids is 1. The SMILES string of the molecule is COc1ccc(C(OC[C@H]2OCC[C@@H]2OC(=O)CCC(=O)O)(c2ccccc2)c2ccc(OC)cc2)cc1. The number of aliphatic carboxylic acids is 1. The molecule has 0 bridgehead atoms. The molecule has 1 aliphatic heterocycles. The molecule has 38 heavy (non-hydrogen) atoms. The summed E-state index contributed by atoms with van der Waals surface area (Å²) in [5.41, 5.74) is 1.64. The summed E-state index contributed by atoms with van der Waals surface area (Å²) in [5, 5.41) is 8.87. The molecule has 1 aliphatic rings. The third-order valence-electron chi connectivity index (χ3n) is 6.61. The van der Waals surface area contributed by atoms with Crippen LogP contribution in [0.15, 0.2) is 78.9 Å². The predicted molar refractivity (Wildman–Crippen MR) is 139 cm³/mol. The zero-order valence-electron chi connectivity index (χ0n) is 21.5. The molecule has 1 heterocycles. The van der Waals surface area contributed by atoms with E-state index in [0.29, 0.717) is 13.0 Å². The van der Waals surface area contributed by atoms with Crippen LogP contribution in [0.3, 0.4) is 0 Å². The number of benzene rings is 3. The number of hydrogen-bond acceptors (Lipinski definition) is 7. The number of methoxy groups -OCH3 is 2. The molecule has 1 N–H and O–H groups in total. The van der Waals surface area contributed by atoms with E-state index in [1.165, 1.54) is 0 Å². The van der Waals surface area contributed by atoms with Crippen LogP contribution in [0.2, 0.25) is 0 Å².